The first-order chi connectivity index (χ1) is 9.60. The number of hydrogen-bond acceptors (Lipinski definition) is 2. The number of hydrogen-bond donors (Lipinski definition) is 1. The van der Waals surface area contributed by atoms with Gasteiger partial charge in [0.05, 0.1) is 6.04 Å². The molecule has 1 unspecified atom stereocenters. The summed E-state index contributed by atoms with van der Waals surface area (Å²) in [6.45, 7) is 0.110. The fourth-order valence-corrected chi connectivity index (χ4v) is 1.60. The average molecular weight is 310 g/mol. The Morgan fingerprint density at radius 3 is 2.43 bits per heavy atom. The van der Waals surface area contributed by atoms with Crippen LogP contribution in [0.15, 0.2) is 18.2 Å². The fourth-order valence-electron chi connectivity index (χ4n) is 1.60. The maximum atomic E-state index is 13.0. The lowest BCUT2D eigenvalue weighted by Gasteiger charge is -2.24. The molecule has 0 fully saturated rings. The van der Waals surface area contributed by atoms with Gasteiger partial charge in [0, 0.05) is 6.54 Å². The van der Waals surface area contributed by atoms with E-state index in [4.69, 9.17) is 0 Å². The number of halogens is 5. The summed E-state index contributed by atoms with van der Waals surface area (Å²) >= 11 is 0. The highest BCUT2D eigenvalue weighted by Crippen LogP contribution is 2.14. The van der Waals surface area contributed by atoms with Gasteiger partial charge in [0.2, 0.25) is 5.91 Å². The smallest absolute Gasteiger partial charge is 0.346 e. The maximum absolute atomic E-state index is 13.0. The molecule has 1 N–H and O–H groups in total. The topological polar surface area (TPSA) is 32.3 Å². The lowest BCUT2D eigenvalue weighted by Crippen LogP contribution is -2.45. The van der Waals surface area contributed by atoms with Crippen molar-refractivity contribution in [3.8, 4) is 0 Å². The number of amides is 1. The van der Waals surface area contributed by atoms with Gasteiger partial charge in [0.15, 0.2) is 11.6 Å². The summed E-state index contributed by atoms with van der Waals surface area (Å²) in [6, 6.07) is 2.43. The van der Waals surface area contributed by atoms with E-state index in [2.05, 4.69) is 0 Å². The van der Waals surface area contributed by atoms with Gasteiger partial charge in [-0.3, -0.25) is 9.69 Å². The fraction of sp³-hybridized carbons (Fsp3) is 0.462. The molecule has 0 spiro atoms. The number of alkyl halides is 3. The zero-order valence-corrected chi connectivity index (χ0v) is 11.5. The highest BCUT2D eigenvalue weighted by molar-refractivity contribution is 5.81. The van der Waals surface area contributed by atoms with Crippen LogP contribution in [0.25, 0.3) is 0 Å². The molecule has 0 saturated carbocycles. The largest absolute Gasteiger partial charge is 0.405 e. The van der Waals surface area contributed by atoms with E-state index >= 15 is 0 Å². The molecule has 1 rings (SSSR count). The third kappa shape index (κ3) is 5.66. The zero-order chi connectivity index (χ0) is 16.2. The van der Waals surface area contributed by atoms with Crippen LogP contribution in [0.3, 0.4) is 0 Å². The molecule has 21 heavy (non-hydrogen) atoms. The average Bonchev–Trinajstić information content (AvgIpc) is 2.38. The van der Waals surface area contributed by atoms with Gasteiger partial charge in [-0.15, -0.1) is 0 Å². The molecule has 1 amide bonds. The van der Waals surface area contributed by atoms with Crippen LogP contribution >= 0.6 is 0 Å². The van der Waals surface area contributed by atoms with E-state index in [-0.39, 0.29) is 6.54 Å². The summed E-state index contributed by atoms with van der Waals surface area (Å²) in [6.07, 6.45) is -4.48. The number of carbonyl (C=O) groups is 1. The minimum atomic E-state index is -4.48. The Labute approximate surface area is 118 Å². The number of benzene rings is 1. The minimum absolute atomic E-state index is 0.0950. The number of carbonyl (C=O) groups excluding carboxylic acids is 1. The van der Waals surface area contributed by atoms with Gasteiger partial charge in [-0.2, -0.15) is 13.2 Å². The van der Waals surface area contributed by atoms with Crippen LogP contribution in [0.4, 0.5) is 22.0 Å². The van der Waals surface area contributed by atoms with Crippen molar-refractivity contribution in [1.29, 1.82) is 0 Å². The predicted molar refractivity (Wildman–Crippen MR) is 66.4 cm³/mol. The number of rotatable bonds is 5. The van der Waals surface area contributed by atoms with Crippen molar-refractivity contribution in [3.05, 3.63) is 35.4 Å². The van der Waals surface area contributed by atoms with Crippen LogP contribution < -0.4 is 5.32 Å². The number of nitrogens with one attached hydrogen (secondary N) is 1. The lowest BCUT2D eigenvalue weighted by molar-refractivity contribution is -0.141. The molecular weight excluding hydrogens is 295 g/mol. The highest BCUT2D eigenvalue weighted by Gasteiger charge is 2.29. The maximum Gasteiger partial charge on any atom is 0.405 e. The minimum Gasteiger partial charge on any atom is -0.346 e. The zero-order valence-electron chi connectivity index (χ0n) is 11.5. The normalized spacial score (nSPS) is 13.3. The Balaban J connectivity index is 2.59. The summed E-state index contributed by atoms with van der Waals surface area (Å²) in [4.78, 5) is 13.0. The molecule has 1 atom stereocenters. The van der Waals surface area contributed by atoms with Gasteiger partial charge in [-0.25, -0.2) is 8.78 Å². The van der Waals surface area contributed by atoms with Crippen LogP contribution in [0, 0.1) is 11.6 Å². The first-order valence-electron chi connectivity index (χ1n) is 6.09. The van der Waals surface area contributed by atoms with Gasteiger partial charge in [0.1, 0.15) is 6.54 Å². The second-order valence-electron chi connectivity index (χ2n) is 4.67. The molecule has 0 aliphatic rings. The van der Waals surface area contributed by atoms with Gasteiger partial charge in [-0.1, -0.05) is 6.07 Å². The van der Waals surface area contributed by atoms with E-state index in [1.165, 1.54) is 24.9 Å². The van der Waals surface area contributed by atoms with Crippen molar-refractivity contribution >= 4 is 5.91 Å². The summed E-state index contributed by atoms with van der Waals surface area (Å²) < 4.78 is 61.8. The van der Waals surface area contributed by atoms with Crippen LogP contribution in [-0.4, -0.2) is 36.6 Å². The molecule has 8 heteroatoms. The molecule has 0 radical (unpaired) electrons. The van der Waals surface area contributed by atoms with Crippen molar-refractivity contribution < 1.29 is 26.7 Å². The summed E-state index contributed by atoms with van der Waals surface area (Å²) in [7, 11) is 1.50. The van der Waals surface area contributed by atoms with Crippen molar-refractivity contribution in [2.75, 3.05) is 13.6 Å². The molecule has 0 aliphatic heterocycles. The van der Waals surface area contributed by atoms with Gasteiger partial charge < -0.3 is 5.32 Å². The van der Waals surface area contributed by atoms with Gasteiger partial charge >= 0.3 is 6.18 Å². The standard InChI is InChI=1S/C13H15F5N2O/c1-8(12(21)19-7-13(16,17)18)20(2)6-9-3-4-10(14)11(15)5-9/h3-5,8H,6-7H2,1-2H3,(H,19,21). The Kier molecular flexibility index (Phi) is 5.65. The predicted octanol–water partition coefficient (Wildman–Crippen LogP) is 2.46. The highest BCUT2D eigenvalue weighted by atomic mass is 19.4. The van der Waals surface area contributed by atoms with E-state index in [1.807, 2.05) is 0 Å². The molecule has 1 aromatic carbocycles. The third-order valence-electron chi connectivity index (χ3n) is 2.92. The first kappa shape index (κ1) is 17.4. The van der Waals surface area contributed by atoms with Crippen LogP contribution in [0.1, 0.15) is 12.5 Å². The van der Waals surface area contributed by atoms with Gasteiger partial charge in [0.25, 0.3) is 0 Å². The Morgan fingerprint density at radius 1 is 1.29 bits per heavy atom. The van der Waals surface area contributed by atoms with E-state index < -0.39 is 36.3 Å². The monoisotopic (exact) mass is 310 g/mol. The quantitative estimate of drug-likeness (QED) is 0.847. The second kappa shape index (κ2) is 6.84. The Hall–Kier alpha value is -1.70. The van der Waals surface area contributed by atoms with Crippen LogP contribution in [0.5, 0.6) is 0 Å². The molecule has 118 valence electrons. The molecule has 0 heterocycles. The van der Waals surface area contributed by atoms with Crippen molar-refractivity contribution in [2.45, 2.75) is 25.7 Å². The molecule has 1 aromatic rings. The Bertz CT molecular complexity index is 504. The molecule has 0 saturated heterocycles. The lowest BCUT2D eigenvalue weighted by atomic mass is 10.1. The van der Waals surface area contributed by atoms with Crippen LogP contribution in [0.2, 0.25) is 0 Å². The third-order valence-corrected chi connectivity index (χ3v) is 2.92. The number of likely N-dealkylation sites (N-methyl/N-ethyl adjacent to an activating group) is 1. The first-order valence-corrected chi connectivity index (χ1v) is 6.09. The van der Waals surface area contributed by atoms with E-state index in [1.54, 1.807) is 5.32 Å². The van der Waals surface area contributed by atoms with Crippen LogP contribution in [-0.2, 0) is 11.3 Å². The van der Waals surface area contributed by atoms with E-state index in [9.17, 15) is 26.7 Å². The molecule has 0 aliphatic carbocycles. The molecule has 0 aromatic heterocycles. The van der Waals surface area contributed by atoms with Crippen molar-refractivity contribution in [1.82, 2.24) is 10.2 Å². The SMILES string of the molecule is CC(C(=O)NCC(F)(F)F)N(C)Cc1ccc(F)c(F)c1. The molecular formula is C13H15F5N2O. The summed E-state index contributed by atoms with van der Waals surface area (Å²) in [5, 5.41) is 1.77. The molecule has 0 bridgehead atoms. The van der Waals surface area contributed by atoms with E-state index in [0.717, 1.165) is 12.1 Å². The second-order valence-corrected chi connectivity index (χ2v) is 4.67. The summed E-state index contributed by atoms with van der Waals surface area (Å²) in [5.74, 6) is -2.80. The Morgan fingerprint density at radius 2 is 1.90 bits per heavy atom. The molecule has 3 nitrogen and oxygen atoms in total. The van der Waals surface area contributed by atoms with Gasteiger partial charge in [-0.05, 0) is 31.7 Å². The van der Waals surface area contributed by atoms with E-state index in [0.29, 0.717) is 5.56 Å². The summed E-state index contributed by atoms with van der Waals surface area (Å²) in [5.41, 5.74) is 0.409. The van der Waals surface area contributed by atoms with Crippen molar-refractivity contribution in [2.24, 2.45) is 0 Å². The van der Waals surface area contributed by atoms with Crippen molar-refractivity contribution in [3.63, 3.8) is 0 Å². The number of nitrogens with zero attached hydrogens (tertiary/aromatic N) is 1.